The molecular weight excluding hydrogens is 292 g/mol. The fourth-order valence-corrected chi connectivity index (χ4v) is 4.09. The number of carbonyl (C=O) groups is 1. The van der Waals surface area contributed by atoms with E-state index in [1.807, 2.05) is 37.3 Å². The molecule has 0 bridgehead atoms. The lowest BCUT2D eigenvalue weighted by atomic mass is 9.96. The second kappa shape index (κ2) is 7.05. The SMILES string of the molecule is CCC(C(=O)Nc1nc2c(s1)CCCCC2)c1ccccc1. The monoisotopic (exact) mass is 314 g/mol. The zero-order valence-electron chi connectivity index (χ0n) is 13.0. The molecule has 0 radical (unpaired) electrons. The molecule has 4 heteroatoms. The Kier molecular flexibility index (Phi) is 4.88. The third-order valence-electron chi connectivity index (χ3n) is 4.25. The molecule has 3 rings (SSSR count). The van der Waals surface area contributed by atoms with Crippen molar-refractivity contribution < 1.29 is 4.79 Å². The van der Waals surface area contributed by atoms with Crippen LogP contribution in [0.25, 0.3) is 0 Å². The Bertz CT molecular complexity index is 612. The molecule has 0 saturated carbocycles. The van der Waals surface area contributed by atoms with E-state index in [1.54, 1.807) is 11.3 Å². The van der Waals surface area contributed by atoms with Gasteiger partial charge in [-0.3, -0.25) is 4.79 Å². The van der Waals surface area contributed by atoms with Crippen LogP contribution in [0.3, 0.4) is 0 Å². The second-order valence-corrected chi connectivity index (χ2v) is 6.89. The van der Waals surface area contributed by atoms with Gasteiger partial charge in [-0.25, -0.2) is 4.98 Å². The molecule has 1 aromatic heterocycles. The lowest BCUT2D eigenvalue weighted by Gasteiger charge is -2.14. The summed E-state index contributed by atoms with van der Waals surface area (Å²) >= 11 is 1.66. The lowest BCUT2D eigenvalue weighted by molar-refractivity contribution is -0.117. The van der Waals surface area contributed by atoms with Gasteiger partial charge >= 0.3 is 0 Å². The number of rotatable bonds is 4. The van der Waals surface area contributed by atoms with E-state index in [0.717, 1.165) is 30.0 Å². The van der Waals surface area contributed by atoms with Crippen LogP contribution >= 0.6 is 11.3 Å². The maximum atomic E-state index is 12.6. The second-order valence-electron chi connectivity index (χ2n) is 5.81. The van der Waals surface area contributed by atoms with Crippen LogP contribution < -0.4 is 5.32 Å². The summed E-state index contributed by atoms with van der Waals surface area (Å²) in [6.45, 7) is 2.05. The van der Waals surface area contributed by atoms with Gasteiger partial charge in [0.25, 0.3) is 0 Å². The molecule has 0 saturated heterocycles. The number of aryl methyl sites for hydroxylation is 2. The number of hydrogen-bond donors (Lipinski definition) is 1. The van der Waals surface area contributed by atoms with Crippen LogP contribution in [0.5, 0.6) is 0 Å². The third-order valence-corrected chi connectivity index (χ3v) is 5.33. The fourth-order valence-electron chi connectivity index (χ4n) is 3.03. The summed E-state index contributed by atoms with van der Waals surface area (Å²) in [6.07, 6.45) is 6.70. The third kappa shape index (κ3) is 3.38. The predicted octanol–water partition coefficient (Wildman–Crippen LogP) is 4.54. The summed E-state index contributed by atoms with van der Waals surface area (Å²) in [5.74, 6) is -0.0532. The van der Waals surface area contributed by atoms with Crippen LogP contribution in [-0.4, -0.2) is 10.9 Å². The fraction of sp³-hybridized carbons (Fsp3) is 0.444. The maximum Gasteiger partial charge on any atom is 0.233 e. The number of amides is 1. The number of fused-ring (bicyclic) bond motifs is 1. The van der Waals surface area contributed by atoms with Crippen molar-refractivity contribution >= 4 is 22.4 Å². The van der Waals surface area contributed by atoms with Gasteiger partial charge in [-0.05, 0) is 37.7 Å². The molecule has 1 unspecified atom stereocenters. The molecule has 3 nitrogen and oxygen atoms in total. The first kappa shape index (κ1) is 15.2. The van der Waals surface area contributed by atoms with Gasteiger partial charge in [0, 0.05) is 4.88 Å². The molecule has 2 aromatic rings. The summed E-state index contributed by atoms with van der Waals surface area (Å²) in [7, 11) is 0. The van der Waals surface area contributed by atoms with Gasteiger partial charge in [-0.2, -0.15) is 0 Å². The molecule has 1 aliphatic carbocycles. The van der Waals surface area contributed by atoms with Crippen molar-refractivity contribution in [3.63, 3.8) is 0 Å². The Morgan fingerprint density at radius 1 is 1.23 bits per heavy atom. The van der Waals surface area contributed by atoms with Crippen molar-refractivity contribution in [2.75, 3.05) is 5.32 Å². The number of hydrogen-bond acceptors (Lipinski definition) is 3. The van der Waals surface area contributed by atoms with E-state index in [2.05, 4.69) is 10.3 Å². The highest BCUT2D eigenvalue weighted by molar-refractivity contribution is 7.15. The Hall–Kier alpha value is -1.68. The molecule has 1 heterocycles. The van der Waals surface area contributed by atoms with Crippen LogP contribution in [0.4, 0.5) is 5.13 Å². The largest absolute Gasteiger partial charge is 0.301 e. The molecular formula is C18H22N2OS. The quantitative estimate of drug-likeness (QED) is 0.842. The van der Waals surface area contributed by atoms with E-state index in [1.165, 1.54) is 29.8 Å². The topological polar surface area (TPSA) is 42.0 Å². The molecule has 1 atom stereocenters. The zero-order chi connectivity index (χ0) is 15.4. The van der Waals surface area contributed by atoms with Crippen LogP contribution in [0, 0.1) is 0 Å². The molecule has 0 fully saturated rings. The molecule has 1 amide bonds. The summed E-state index contributed by atoms with van der Waals surface area (Å²) in [6, 6.07) is 9.98. The van der Waals surface area contributed by atoms with Gasteiger partial charge < -0.3 is 5.32 Å². The number of benzene rings is 1. The zero-order valence-corrected chi connectivity index (χ0v) is 13.8. The van der Waals surface area contributed by atoms with Crippen molar-refractivity contribution in [3.8, 4) is 0 Å². The molecule has 1 aliphatic rings. The Morgan fingerprint density at radius 3 is 2.77 bits per heavy atom. The standard InChI is InChI=1S/C18H22N2OS/c1-2-14(13-9-5-3-6-10-13)17(21)20-18-19-15-11-7-4-8-12-16(15)22-18/h3,5-6,9-10,14H,2,4,7-8,11-12H2,1H3,(H,19,20,21). The number of nitrogens with one attached hydrogen (secondary N) is 1. The van der Waals surface area contributed by atoms with E-state index < -0.39 is 0 Å². The molecule has 116 valence electrons. The van der Waals surface area contributed by atoms with Gasteiger partial charge in [0.05, 0.1) is 11.6 Å². The van der Waals surface area contributed by atoms with Gasteiger partial charge in [-0.15, -0.1) is 11.3 Å². The maximum absolute atomic E-state index is 12.6. The van der Waals surface area contributed by atoms with Crippen molar-refractivity contribution in [2.45, 2.75) is 51.4 Å². The average molecular weight is 314 g/mol. The summed E-state index contributed by atoms with van der Waals surface area (Å²) in [5, 5.41) is 3.81. The van der Waals surface area contributed by atoms with E-state index in [4.69, 9.17) is 0 Å². The van der Waals surface area contributed by atoms with E-state index in [9.17, 15) is 4.79 Å². The number of nitrogens with zero attached hydrogens (tertiary/aromatic N) is 1. The molecule has 1 N–H and O–H groups in total. The van der Waals surface area contributed by atoms with Crippen molar-refractivity contribution in [1.29, 1.82) is 0 Å². The Morgan fingerprint density at radius 2 is 2.00 bits per heavy atom. The number of carbonyl (C=O) groups excluding carboxylic acids is 1. The highest BCUT2D eigenvalue weighted by Crippen LogP contribution is 2.30. The van der Waals surface area contributed by atoms with Gasteiger partial charge in [0.15, 0.2) is 5.13 Å². The minimum atomic E-state index is -0.107. The number of anilines is 1. The molecule has 1 aromatic carbocycles. The van der Waals surface area contributed by atoms with Gasteiger partial charge in [0.1, 0.15) is 0 Å². The van der Waals surface area contributed by atoms with Crippen LogP contribution in [0.2, 0.25) is 0 Å². The Balaban J connectivity index is 1.73. The number of thiazole rings is 1. The van der Waals surface area contributed by atoms with Crippen LogP contribution in [0.1, 0.15) is 54.7 Å². The normalized spacial score (nSPS) is 15.7. The van der Waals surface area contributed by atoms with Crippen LogP contribution in [-0.2, 0) is 17.6 Å². The average Bonchev–Trinajstić information content (AvgIpc) is 2.77. The highest BCUT2D eigenvalue weighted by Gasteiger charge is 2.21. The van der Waals surface area contributed by atoms with Crippen molar-refractivity contribution in [2.24, 2.45) is 0 Å². The smallest absolute Gasteiger partial charge is 0.233 e. The minimum absolute atomic E-state index is 0.0533. The molecule has 22 heavy (non-hydrogen) atoms. The van der Waals surface area contributed by atoms with E-state index in [-0.39, 0.29) is 11.8 Å². The first-order valence-electron chi connectivity index (χ1n) is 8.12. The molecule has 0 aliphatic heterocycles. The Labute approximate surface area is 135 Å². The number of aromatic nitrogens is 1. The first-order valence-corrected chi connectivity index (χ1v) is 8.94. The van der Waals surface area contributed by atoms with Crippen LogP contribution in [0.15, 0.2) is 30.3 Å². The van der Waals surface area contributed by atoms with Gasteiger partial charge in [-0.1, -0.05) is 43.7 Å². The van der Waals surface area contributed by atoms with Crippen molar-refractivity contribution in [1.82, 2.24) is 4.98 Å². The predicted molar refractivity (Wildman–Crippen MR) is 91.5 cm³/mol. The summed E-state index contributed by atoms with van der Waals surface area (Å²) < 4.78 is 0. The van der Waals surface area contributed by atoms with E-state index >= 15 is 0 Å². The highest BCUT2D eigenvalue weighted by atomic mass is 32.1. The minimum Gasteiger partial charge on any atom is -0.301 e. The van der Waals surface area contributed by atoms with E-state index in [0.29, 0.717) is 0 Å². The summed E-state index contributed by atoms with van der Waals surface area (Å²) in [4.78, 5) is 18.6. The molecule has 0 spiro atoms. The summed E-state index contributed by atoms with van der Waals surface area (Å²) in [5.41, 5.74) is 2.27. The first-order chi connectivity index (χ1) is 10.8. The van der Waals surface area contributed by atoms with Crippen molar-refractivity contribution in [3.05, 3.63) is 46.5 Å². The lowest BCUT2D eigenvalue weighted by Crippen LogP contribution is -2.20. The van der Waals surface area contributed by atoms with Gasteiger partial charge in [0.2, 0.25) is 5.91 Å².